The average molecular weight is 284 g/mol. The fourth-order valence-electron chi connectivity index (χ4n) is 1.70. The summed E-state index contributed by atoms with van der Waals surface area (Å²) in [4.78, 5) is 24.1. The second-order valence-electron chi connectivity index (χ2n) is 4.55. The number of carbonyl (C=O) groups excluding carboxylic acids is 1. The zero-order chi connectivity index (χ0) is 14.3. The van der Waals surface area contributed by atoms with Crippen LogP contribution in [0.5, 0.6) is 0 Å². The molecule has 0 fully saturated rings. The Bertz CT molecular complexity index is 406. The number of aliphatic carboxylic acids is 1. The fraction of sp³-hybridized carbons (Fsp3) is 0.538. The van der Waals surface area contributed by atoms with Crippen molar-refractivity contribution >= 4 is 23.3 Å². The molecule has 1 aromatic heterocycles. The van der Waals surface area contributed by atoms with E-state index in [1.807, 2.05) is 23.8 Å². The molecule has 1 heterocycles. The average Bonchev–Trinajstić information content (AvgIpc) is 2.86. The summed E-state index contributed by atoms with van der Waals surface area (Å²) in [6.45, 7) is 2.88. The fourth-order valence-corrected chi connectivity index (χ4v) is 2.36. The number of amides is 2. The molecule has 0 aliphatic carbocycles. The van der Waals surface area contributed by atoms with Crippen LogP contribution in [0.2, 0.25) is 0 Å². The lowest BCUT2D eigenvalue weighted by atomic mass is 10.0. The molecule has 0 saturated heterocycles. The molecule has 1 unspecified atom stereocenters. The van der Waals surface area contributed by atoms with Gasteiger partial charge in [0.2, 0.25) is 0 Å². The summed E-state index contributed by atoms with van der Waals surface area (Å²) >= 11 is 1.60. The minimum Gasteiger partial charge on any atom is -0.481 e. The number of nitrogens with zero attached hydrogens (tertiary/aromatic N) is 1. The molecule has 6 heteroatoms. The molecule has 106 valence electrons. The standard InChI is InChI=1S/C13H20N2O3S/c1-3-10(6-12(16)17)7-14-13(18)15(2)8-11-4-5-19-9-11/h4-5,9-10H,3,6-8H2,1-2H3,(H,14,18)(H,16,17). The van der Waals surface area contributed by atoms with Crippen LogP contribution in [0.4, 0.5) is 4.79 Å². The lowest BCUT2D eigenvalue weighted by molar-refractivity contribution is -0.138. The predicted molar refractivity (Wildman–Crippen MR) is 75.2 cm³/mol. The van der Waals surface area contributed by atoms with Crippen LogP contribution in [0.15, 0.2) is 16.8 Å². The van der Waals surface area contributed by atoms with Crippen LogP contribution in [0.1, 0.15) is 25.3 Å². The Kier molecular flexibility index (Phi) is 6.35. The zero-order valence-corrected chi connectivity index (χ0v) is 12.1. The summed E-state index contributed by atoms with van der Waals surface area (Å²) in [6, 6.07) is 1.81. The topological polar surface area (TPSA) is 69.6 Å². The zero-order valence-electron chi connectivity index (χ0n) is 11.3. The van der Waals surface area contributed by atoms with Crippen molar-refractivity contribution in [2.45, 2.75) is 26.3 Å². The summed E-state index contributed by atoms with van der Waals surface area (Å²) in [7, 11) is 1.73. The lowest BCUT2D eigenvalue weighted by Crippen LogP contribution is -2.39. The third-order valence-corrected chi connectivity index (χ3v) is 3.66. The first-order valence-corrected chi connectivity index (χ1v) is 7.19. The smallest absolute Gasteiger partial charge is 0.317 e. The molecule has 0 aliphatic rings. The number of urea groups is 1. The molecule has 0 radical (unpaired) electrons. The molecule has 1 rings (SSSR count). The summed E-state index contributed by atoms with van der Waals surface area (Å²) in [5, 5.41) is 15.5. The number of carboxylic acids is 1. The minimum absolute atomic E-state index is 0.0176. The molecular weight excluding hydrogens is 264 g/mol. The first kappa shape index (κ1) is 15.5. The van der Waals surface area contributed by atoms with Gasteiger partial charge < -0.3 is 15.3 Å². The van der Waals surface area contributed by atoms with E-state index < -0.39 is 5.97 Å². The van der Waals surface area contributed by atoms with Gasteiger partial charge in [0.05, 0.1) is 0 Å². The van der Waals surface area contributed by atoms with E-state index in [1.54, 1.807) is 23.3 Å². The maximum Gasteiger partial charge on any atom is 0.317 e. The van der Waals surface area contributed by atoms with Crippen molar-refractivity contribution in [2.75, 3.05) is 13.6 Å². The van der Waals surface area contributed by atoms with E-state index in [0.29, 0.717) is 13.1 Å². The summed E-state index contributed by atoms with van der Waals surface area (Å²) in [5.41, 5.74) is 1.10. The Hall–Kier alpha value is -1.56. The van der Waals surface area contributed by atoms with Crippen LogP contribution in [0.3, 0.4) is 0 Å². The first-order valence-electron chi connectivity index (χ1n) is 6.24. The number of nitrogens with one attached hydrogen (secondary N) is 1. The molecule has 1 atom stereocenters. The van der Waals surface area contributed by atoms with E-state index in [0.717, 1.165) is 12.0 Å². The van der Waals surface area contributed by atoms with Gasteiger partial charge in [0.15, 0.2) is 0 Å². The summed E-state index contributed by atoms with van der Waals surface area (Å²) < 4.78 is 0. The molecule has 2 amide bonds. The molecule has 1 aromatic rings. The van der Waals surface area contributed by atoms with Crippen molar-refractivity contribution in [2.24, 2.45) is 5.92 Å². The van der Waals surface area contributed by atoms with Crippen molar-refractivity contribution < 1.29 is 14.7 Å². The molecule has 0 spiro atoms. The number of hydrogen-bond acceptors (Lipinski definition) is 3. The van der Waals surface area contributed by atoms with Gasteiger partial charge in [-0.3, -0.25) is 4.79 Å². The Morgan fingerprint density at radius 1 is 1.53 bits per heavy atom. The Morgan fingerprint density at radius 3 is 2.79 bits per heavy atom. The van der Waals surface area contributed by atoms with E-state index >= 15 is 0 Å². The van der Waals surface area contributed by atoms with E-state index in [9.17, 15) is 9.59 Å². The van der Waals surface area contributed by atoms with Crippen LogP contribution in [-0.2, 0) is 11.3 Å². The van der Waals surface area contributed by atoms with E-state index in [-0.39, 0.29) is 18.4 Å². The molecule has 5 nitrogen and oxygen atoms in total. The molecule has 0 aliphatic heterocycles. The van der Waals surface area contributed by atoms with Crippen LogP contribution < -0.4 is 5.32 Å². The Labute approximate surface area is 117 Å². The lowest BCUT2D eigenvalue weighted by Gasteiger charge is -2.19. The highest BCUT2D eigenvalue weighted by Crippen LogP contribution is 2.09. The predicted octanol–water partition coefficient (Wildman–Crippen LogP) is 2.39. The van der Waals surface area contributed by atoms with Crippen molar-refractivity contribution in [1.29, 1.82) is 0 Å². The van der Waals surface area contributed by atoms with Gasteiger partial charge in [-0.2, -0.15) is 11.3 Å². The number of carboxylic acid groups (broad SMARTS) is 1. The van der Waals surface area contributed by atoms with Crippen LogP contribution >= 0.6 is 11.3 Å². The van der Waals surface area contributed by atoms with E-state index in [1.165, 1.54) is 0 Å². The summed E-state index contributed by atoms with van der Waals surface area (Å²) in [5.74, 6) is -0.844. The molecule has 0 saturated carbocycles. The normalized spacial score (nSPS) is 11.9. The number of carbonyl (C=O) groups is 2. The molecule has 0 aromatic carbocycles. The number of rotatable bonds is 7. The highest BCUT2D eigenvalue weighted by molar-refractivity contribution is 7.07. The number of thiophene rings is 1. The van der Waals surface area contributed by atoms with Crippen molar-refractivity contribution in [3.05, 3.63) is 22.4 Å². The SMILES string of the molecule is CCC(CNC(=O)N(C)Cc1ccsc1)CC(=O)O. The first-order chi connectivity index (χ1) is 9.02. The highest BCUT2D eigenvalue weighted by Gasteiger charge is 2.14. The monoisotopic (exact) mass is 284 g/mol. The minimum atomic E-state index is -0.826. The van der Waals surface area contributed by atoms with Gasteiger partial charge in [-0.05, 0) is 28.3 Å². The molecule has 2 N–H and O–H groups in total. The van der Waals surface area contributed by atoms with E-state index in [4.69, 9.17) is 5.11 Å². The maximum atomic E-state index is 11.8. The van der Waals surface area contributed by atoms with Gasteiger partial charge in [-0.15, -0.1) is 0 Å². The second-order valence-corrected chi connectivity index (χ2v) is 5.33. The molecule has 0 bridgehead atoms. The number of hydrogen-bond donors (Lipinski definition) is 2. The van der Waals surface area contributed by atoms with Crippen molar-refractivity contribution in [1.82, 2.24) is 10.2 Å². The third-order valence-electron chi connectivity index (χ3n) is 2.93. The Morgan fingerprint density at radius 2 is 2.26 bits per heavy atom. The second kappa shape index (κ2) is 7.78. The maximum absolute atomic E-state index is 11.8. The molecular formula is C13H20N2O3S. The van der Waals surface area contributed by atoms with Crippen molar-refractivity contribution in [3.63, 3.8) is 0 Å². The van der Waals surface area contributed by atoms with Crippen LogP contribution in [0, 0.1) is 5.92 Å². The molecule has 19 heavy (non-hydrogen) atoms. The van der Waals surface area contributed by atoms with Crippen LogP contribution in [0.25, 0.3) is 0 Å². The largest absolute Gasteiger partial charge is 0.481 e. The van der Waals surface area contributed by atoms with E-state index in [2.05, 4.69) is 5.32 Å². The van der Waals surface area contributed by atoms with Gasteiger partial charge in [0.1, 0.15) is 0 Å². The van der Waals surface area contributed by atoms with Gasteiger partial charge in [0, 0.05) is 26.6 Å². The highest BCUT2D eigenvalue weighted by atomic mass is 32.1. The van der Waals surface area contributed by atoms with Crippen LogP contribution in [-0.4, -0.2) is 35.6 Å². The Balaban J connectivity index is 2.35. The quantitative estimate of drug-likeness (QED) is 0.807. The third kappa shape index (κ3) is 5.74. The van der Waals surface area contributed by atoms with Crippen molar-refractivity contribution in [3.8, 4) is 0 Å². The van der Waals surface area contributed by atoms with Gasteiger partial charge >= 0.3 is 12.0 Å². The summed E-state index contributed by atoms with van der Waals surface area (Å²) in [6.07, 6.45) is 0.825. The van der Waals surface area contributed by atoms with Gasteiger partial charge in [-0.1, -0.05) is 13.3 Å². The van der Waals surface area contributed by atoms with Gasteiger partial charge in [-0.25, -0.2) is 4.79 Å². The van der Waals surface area contributed by atoms with Gasteiger partial charge in [0.25, 0.3) is 0 Å².